The summed E-state index contributed by atoms with van der Waals surface area (Å²) in [5.74, 6) is 0.518. The first kappa shape index (κ1) is 13.0. The number of hydrogen-bond donors (Lipinski definition) is 1. The average Bonchev–Trinajstić information content (AvgIpc) is 3.04. The molecule has 3 aromatic heterocycles. The number of carbonyl (C=O) groups is 1. The van der Waals surface area contributed by atoms with E-state index in [2.05, 4.69) is 9.97 Å². The molecule has 0 aliphatic carbocycles. The van der Waals surface area contributed by atoms with E-state index in [-0.39, 0.29) is 0 Å². The molecule has 0 aliphatic rings. The molecule has 0 bridgehead atoms. The molecule has 0 saturated heterocycles. The van der Waals surface area contributed by atoms with Gasteiger partial charge in [0.05, 0.1) is 10.2 Å². The van der Waals surface area contributed by atoms with Crippen LogP contribution in [0.4, 0.5) is 5.82 Å². The van der Waals surface area contributed by atoms with Crippen LogP contribution in [0.1, 0.15) is 15.3 Å². The summed E-state index contributed by atoms with van der Waals surface area (Å²) in [5.41, 5.74) is 7.73. The zero-order chi connectivity index (χ0) is 13.9. The topological polar surface area (TPSA) is 68.9 Å². The van der Waals surface area contributed by atoms with Crippen molar-refractivity contribution in [1.29, 1.82) is 0 Å². The third-order valence-corrected chi connectivity index (χ3v) is 4.89. The van der Waals surface area contributed by atoms with Crippen LogP contribution >= 0.6 is 22.7 Å². The molecule has 0 spiro atoms. The molecule has 2 N–H and O–H groups in total. The number of fused-ring (bicyclic) bond motifs is 1. The lowest BCUT2D eigenvalue weighted by Gasteiger charge is -1.93. The van der Waals surface area contributed by atoms with E-state index in [1.165, 1.54) is 6.33 Å². The maximum absolute atomic E-state index is 10.5. The molecular formula is C14H11N3OS2. The van der Waals surface area contributed by atoms with Gasteiger partial charge >= 0.3 is 0 Å². The summed E-state index contributed by atoms with van der Waals surface area (Å²) in [5, 5.41) is 2.02. The molecule has 0 atom stereocenters. The summed E-state index contributed by atoms with van der Waals surface area (Å²) in [6.45, 7) is 0. The van der Waals surface area contributed by atoms with Crippen LogP contribution in [-0.2, 0) is 11.2 Å². The lowest BCUT2D eigenvalue weighted by molar-refractivity contribution is -0.107. The van der Waals surface area contributed by atoms with Crippen molar-refractivity contribution >= 4 is 57.1 Å². The summed E-state index contributed by atoms with van der Waals surface area (Å²) < 4.78 is 0.917. The Bertz CT molecular complexity index is 789. The van der Waals surface area contributed by atoms with E-state index in [0.717, 1.165) is 31.8 Å². The number of aldehydes is 1. The molecule has 0 aromatic carbocycles. The summed E-state index contributed by atoms with van der Waals surface area (Å²) in [4.78, 5) is 20.9. The smallest absolute Gasteiger partial charge is 0.144 e. The number of carbonyl (C=O) groups excluding carboxylic acids is 1. The predicted molar refractivity (Wildman–Crippen MR) is 84.8 cm³/mol. The van der Waals surface area contributed by atoms with Crippen LogP contribution in [0.2, 0.25) is 0 Å². The van der Waals surface area contributed by atoms with Gasteiger partial charge < -0.3 is 10.5 Å². The van der Waals surface area contributed by atoms with Gasteiger partial charge in [0.15, 0.2) is 0 Å². The van der Waals surface area contributed by atoms with E-state index in [9.17, 15) is 4.79 Å². The quantitative estimate of drug-likeness (QED) is 0.751. The summed E-state index contributed by atoms with van der Waals surface area (Å²) in [6, 6.07) is 3.99. The van der Waals surface area contributed by atoms with E-state index in [1.54, 1.807) is 22.7 Å². The number of nitrogens with two attached hydrogens (primary N) is 1. The van der Waals surface area contributed by atoms with Crippen molar-refractivity contribution in [1.82, 2.24) is 9.97 Å². The third-order valence-electron chi connectivity index (χ3n) is 2.80. The van der Waals surface area contributed by atoms with Crippen molar-refractivity contribution < 1.29 is 4.79 Å². The van der Waals surface area contributed by atoms with E-state index >= 15 is 0 Å². The molecule has 0 radical (unpaired) electrons. The largest absolute Gasteiger partial charge is 0.382 e. The lowest BCUT2D eigenvalue weighted by Crippen LogP contribution is -1.90. The highest BCUT2D eigenvalue weighted by Gasteiger charge is 2.06. The van der Waals surface area contributed by atoms with Gasteiger partial charge in [-0.3, -0.25) is 0 Å². The Labute approximate surface area is 123 Å². The van der Waals surface area contributed by atoms with Crippen LogP contribution < -0.4 is 5.73 Å². The van der Waals surface area contributed by atoms with Crippen molar-refractivity contribution in [2.45, 2.75) is 6.42 Å². The maximum Gasteiger partial charge on any atom is 0.144 e. The number of nitrogen functional groups attached to an aromatic ring is 1. The summed E-state index contributed by atoms with van der Waals surface area (Å²) in [6.07, 6.45) is 6.92. The van der Waals surface area contributed by atoms with Crippen LogP contribution in [0, 0.1) is 0 Å². The zero-order valence-corrected chi connectivity index (χ0v) is 12.1. The van der Waals surface area contributed by atoms with E-state index in [0.29, 0.717) is 12.2 Å². The second kappa shape index (κ2) is 5.52. The van der Waals surface area contributed by atoms with Gasteiger partial charge in [0.1, 0.15) is 18.4 Å². The minimum Gasteiger partial charge on any atom is -0.382 e. The van der Waals surface area contributed by atoms with Gasteiger partial charge in [0.2, 0.25) is 0 Å². The molecule has 0 fully saturated rings. The molecule has 20 heavy (non-hydrogen) atoms. The first-order valence-electron chi connectivity index (χ1n) is 5.96. The SMILES string of the molecule is Nc1ncnc2c(/C=C/c3ccc(CC=O)s3)csc12. The normalized spacial score (nSPS) is 11.4. The Balaban J connectivity index is 1.90. The maximum atomic E-state index is 10.5. The monoisotopic (exact) mass is 301 g/mol. The first-order chi connectivity index (χ1) is 9.78. The number of hydrogen-bond acceptors (Lipinski definition) is 6. The van der Waals surface area contributed by atoms with Crippen molar-refractivity contribution in [3.8, 4) is 0 Å². The number of aromatic nitrogens is 2. The van der Waals surface area contributed by atoms with Gasteiger partial charge in [0.25, 0.3) is 0 Å². The summed E-state index contributed by atoms with van der Waals surface area (Å²) >= 11 is 3.16. The molecule has 0 saturated carbocycles. The highest BCUT2D eigenvalue weighted by Crippen LogP contribution is 2.29. The van der Waals surface area contributed by atoms with Crippen LogP contribution in [0.3, 0.4) is 0 Å². The van der Waals surface area contributed by atoms with Gasteiger partial charge in [0, 0.05) is 27.1 Å². The lowest BCUT2D eigenvalue weighted by atomic mass is 10.2. The Morgan fingerprint density at radius 3 is 3.00 bits per heavy atom. The predicted octanol–water partition coefficient (Wildman–Crippen LogP) is 3.25. The van der Waals surface area contributed by atoms with E-state index < -0.39 is 0 Å². The molecule has 3 heterocycles. The van der Waals surface area contributed by atoms with Gasteiger partial charge in [-0.2, -0.15) is 0 Å². The molecule has 3 aromatic rings. The molecule has 3 rings (SSSR count). The van der Waals surface area contributed by atoms with Crippen molar-refractivity contribution in [2.24, 2.45) is 0 Å². The second-order valence-corrected chi connectivity index (χ2v) is 6.22. The zero-order valence-electron chi connectivity index (χ0n) is 10.4. The van der Waals surface area contributed by atoms with Crippen LogP contribution in [0.25, 0.3) is 22.4 Å². The Morgan fingerprint density at radius 1 is 1.25 bits per heavy atom. The van der Waals surface area contributed by atoms with Crippen LogP contribution in [0.5, 0.6) is 0 Å². The highest BCUT2D eigenvalue weighted by atomic mass is 32.1. The molecule has 6 heteroatoms. The molecule has 0 amide bonds. The fraction of sp³-hybridized carbons (Fsp3) is 0.0714. The average molecular weight is 301 g/mol. The Kier molecular flexibility index (Phi) is 3.58. The number of anilines is 1. The standard InChI is InChI=1S/C14H11N3OS2/c15-14-13-12(16-8-17-14)9(7-19-13)1-2-10-3-4-11(20-10)5-6-18/h1-4,6-8H,5H2,(H2,15,16,17)/b2-1+. The van der Waals surface area contributed by atoms with Crippen molar-refractivity contribution in [2.75, 3.05) is 5.73 Å². The number of nitrogens with zero attached hydrogens (tertiary/aromatic N) is 2. The van der Waals surface area contributed by atoms with Gasteiger partial charge in [-0.1, -0.05) is 6.08 Å². The van der Waals surface area contributed by atoms with Crippen LogP contribution in [-0.4, -0.2) is 16.3 Å². The highest BCUT2D eigenvalue weighted by molar-refractivity contribution is 7.18. The number of rotatable bonds is 4. The Morgan fingerprint density at radius 2 is 2.15 bits per heavy atom. The Hall–Kier alpha value is -2.05. The molecular weight excluding hydrogens is 290 g/mol. The van der Waals surface area contributed by atoms with Gasteiger partial charge in [-0.15, -0.1) is 22.7 Å². The minimum atomic E-state index is 0.476. The fourth-order valence-corrected chi connectivity index (χ4v) is 3.61. The second-order valence-electron chi connectivity index (χ2n) is 4.14. The summed E-state index contributed by atoms with van der Waals surface area (Å²) in [7, 11) is 0. The minimum absolute atomic E-state index is 0.476. The van der Waals surface area contributed by atoms with Crippen LogP contribution in [0.15, 0.2) is 23.8 Å². The third kappa shape index (κ3) is 2.48. The fourth-order valence-electron chi connectivity index (χ4n) is 1.85. The number of thiophene rings is 2. The molecule has 0 aliphatic heterocycles. The van der Waals surface area contributed by atoms with E-state index in [4.69, 9.17) is 5.73 Å². The van der Waals surface area contributed by atoms with Crippen molar-refractivity contribution in [3.05, 3.63) is 39.2 Å². The van der Waals surface area contributed by atoms with E-state index in [1.807, 2.05) is 29.7 Å². The van der Waals surface area contributed by atoms with Crippen molar-refractivity contribution in [3.63, 3.8) is 0 Å². The first-order valence-corrected chi connectivity index (χ1v) is 7.65. The van der Waals surface area contributed by atoms with Gasteiger partial charge in [-0.05, 0) is 18.2 Å². The molecule has 100 valence electrons. The van der Waals surface area contributed by atoms with Gasteiger partial charge in [-0.25, -0.2) is 9.97 Å². The molecule has 4 nitrogen and oxygen atoms in total. The molecule has 0 unspecified atom stereocenters.